The van der Waals surface area contributed by atoms with Gasteiger partial charge in [-0.25, -0.2) is 8.78 Å². The second-order valence-electron chi connectivity index (χ2n) is 2.32. The first-order valence-electron chi connectivity index (χ1n) is 3.31. The Balaban J connectivity index is 2.53. The van der Waals surface area contributed by atoms with Crippen LogP contribution in [0.4, 0.5) is 23.4 Å². The molecule has 0 aliphatic rings. The van der Waals surface area contributed by atoms with Crippen LogP contribution in [0.25, 0.3) is 0 Å². The molecule has 1 aromatic heterocycles. The van der Waals surface area contributed by atoms with Crippen molar-refractivity contribution < 1.29 is 17.6 Å². The smallest absolute Gasteiger partial charge is 0.324 e. The molecular formula is C5H4ClF4N3S. The summed E-state index contributed by atoms with van der Waals surface area (Å²) in [5.41, 5.74) is 0. The number of hydrogen-bond acceptors (Lipinski definition) is 4. The second kappa shape index (κ2) is 4.26. The van der Waals surface area contributed by atoms with Gasteiger partial charge in [-0.1, -0.05) is 11.6 Å². The maximum Gasteiger partial charge on any atom is 0.324 e. The lowest BCUT2D eigenvalue weighted by molar-refractivity contribution is -0.117. The molecule has 0 saturated carbocycles. The number of nitrogens with zero attached hydrogens (tertiary/aromatic N) is 2. The zero-order valence-corrected chi connectivity index (χ0v) is 8.05. The van der Waals surface area contributed by atoms with Crippen LogP contribution in [0, 0.1) is 0 Å². The monoisotopic (exact) mass is 249 g/mol. The summed E-state index contributed by atoms with van der Waals surface area (Å²) in [4.78, 5) is 0. The molecule has 9 heteroatoms. The standard InChI is InChI=1S/C5H4ClF4N3S/c6-2-3(13-14-12-2)11-1-5(9,10)4(7)8/h4H,1H2,(H,11,13). The van der Waals surface area contributed by atoms with Crippen LogP contribution in [0.15, 0.2) is 0 Å². The maximum atomic E-state index is 12.4. The maximum absolute atomic E-state index is 12.4. The van der Waals surface area contributed by atoms with Gasteiger partial charge in [0, 0.05) is 0 Å². The summed E-state index contributed by atoms with van der Waals surface area (Å²) in [5.74, 6) is -4.22. The number of anilines is 1. The molecule has 0 amide bonds. The highest BCUT2D eigenvalue weighted by molar-refractivity contribution is 6.99. The van der Waals surface area contributed by atoms with E-state index >= 15 is 0 Å². The zero-order chi connectivity index (χ0) is 10.8. The van der Waals surface area contributed by atoms with Gasteiger partial charge in [0.2, 0.25) is 0 Å². The van der Waals surface area contributed by atoms with Crippen molar-refractivity contribution in [1.29, 1.82) is 0 Å². The Morgan fingerprint density at radius 1 is 1.43 bits per heavy atom. The van der Waals surface area contributed by atoms with Gasteiger partial charge in [0.15, 0.2) is 11.0 Å². The van der Waals surface area contributed by atoms with Crippen LogP contribution in [-0.2, 0) is 0 Å². The van der Waals surface area contributed by atoms with Gasteiger partial charge in [-0.05, 0) is 0 Å². The third-order valence-electron chi connectivity index (χ3n) is 1.26. The normalized spacial score (nSPS) is 12.1. The molecule has 14 heavy (non-hydrogen) atoms. The molecule has 1 heterocycles. The van der Waals surface area contributed by atoms with E-state index < -0.39 is 18.9 Å². The summed E-state index contributed by atoms with van der Waals surface area (Å²) in [6, 6.07) is 0. The van der Waals surface area contributed by atoms with Gasteiger partial charge in [-0.3, -0.25) is 0 Å². The molecule has 0 bridgehead atoms. The highest BCUT2D eigenvalue weighted by Crippen LogP contribution is 2.25. The Bertz CT molecular complexity index is 305. The Hall–Kier alpha value is -0.630. The first-order chi connectivity index (χ1) is 6.43. The first kappa shape index (κ1) is 11.4. The van der Waals surface area contributed by atoms with E-state index in [9.17, 15) is 17.6 Å². The molecule has 1 N–H and O–H groups in total. The molecule has 0 aliphatic heterocycles. The first-order valence-corrected chi connectivity index (χ1v) is 4.42. The average molecular weight is 250 g/mol. The van der Waals surface area contributed by atoms with Crippen LogP contribution >= 0.6 is 23.3 Å². The van der Waals surface area contributed by atoms with E-state index in [-0.39, 0.29) is 11.0 Å². The Labute approximate surface area is 85.4 Å². The summed E-state index contributed by atoms with van der Waals surface area (Å²) in [5, 5.41) is 1.88. The minimum Gasteiger partial charge on any atom is -0.360 e. The number of nitrogens with one attached hydrogen (secondary N) is 1. The summed E-state index contributed by atoms with van der Waals surface area (Å²) >= 11 is 6.09. The minimum atomic E-state index is -4.10. The third kappa shape index (κ3) is 2.68. The van der Waals surface area contributed by atoms with Crippen molar-refractivity contribution in [2.24, 2.45) is 0 Å². The largest absolute Gasteiger partial charge is 0.360 e. The summed E-state index contributed by atoms with van der Waals surface area (Å²) in [6.07, 6.45) is -3.72. The van der Waals surface area contributed by atoms with Crippen molar-refractivity contribution in [3.05, 3.63) is 5.15 Å². The second-order valence-corrected chi connectivity index (χ2v) is 3.21. The van der Waals surface area contributed by atoms with Crippen molar-refractivity contribution in [3.63, 3.8) is 0 Å². The van der Waals surface area contributed by atoms with Crippen molar-refractivity contribution in [2.75, 3.05) is 11.9 Å². The van der Waals surface area contributed by atoms with Crippen LogP contribution < -0.4 is 5.32 Å². The third-order valence-corrected chi connectivity index (χ3v) is 2.15. The fourth-order valence-corrected chi connectivity index (χ4v) is 1.25. The molecular weight excluding hydrogens is 246 g/mol. The molecule has 0 fully saturated rings. The van der Waals surface area contributed by atoms with Gasteiger partial charge in [-0.15, -0.1) is 0 Å². The molecule has 1 rings (SSSR count). The van der Waals surface area contributed by atoms with Crippen LogP contribution in [-0.4, -0.2) is 27.6 Å². The van der Waals surface area contributed by atoms with Gasteiger partial charge in [0.25, 0.3) is 0 Å². The van der Waals surface area contributed by atoms with Crippen molar-refractivity contribution in [3.8, 4) is 0 Å². The van der Waals surface area contributed by atoms with E-state index in [0.717, 1.165) is 0 Å². The molecule has 0 saturated heterocycles. The van der Waals surface area contributed by atoms with Crippen LogP contribution in [0.5, 0.6) is 0 Å². The van der Waals surface area contributed by atoms with E-state index in [0.29, 0.717) is 11.7 Å². The fraction of sp³-hybridized carbons (Fsp3) is 0.600. The average Bonchev–Trinajstić information content (AvgIpc) is 2.47. The fourth-order valence-electron chi connectivity index (χ4n) is 0.562. The molecule has 0 spiro atoms. The highest BCUT2D eigenvalue weighted by Gasteiger charge is 2.40. The Morgan fingerprint density at radius 2 is 2.07 bits per heavy atom. The lowest BCUT2D eigenvalue weighted by Gasteiger charge is -2.15. The molecule has 0 aliphatic carbocycles. The summed E-state index contributed by atoms with van der Waals surface area (Å²) in [6.45, 7) is -1.23. The van der Waals surface area contributed by atoms with Crippen molar-refractivity contribution in [1.82, 2.24) is 8.75 Å². The number of halogens is 5. The van der Waals surface area contributed by atoms with Gasteiger partial charge in [-0.2, -0.15) is 17.5 Å². The van der Waals surface area contributed by atoms with Gasteiger partial charge in [0.05, 0.1) is 18.3 Å². The summed E-state index contributed by atoms with van der Waals surface area (Å²) < 4.78 is 55.1. The Morgan fingerprint density at radius 3 is 2.50 bits per heavy atom. The molecule has 0 unspecified atom stereocenters. The SMILES string of the molecule is FC(F)C(F)(F)CNc1nsnc1Cl. The van der Waals surface area contributed by atoms with Gasteiger partial charge < -0.3 is 5.32 Å². The molecule has 0 atom stereocenters. The molecule has 3 nitrogen and oxygen atoms in total. The van der Waals surface area contributed by atoms with E-state index in [1.54, 1.807) is 0 Å². The van der Waals surface area contributed by atoms with Gasteiger partial charge in [0.1, 0.15) is 0 Å². The topological polar surface area (TPSA) is 37.8 Å². The Kier molecular flexibility index (Phi) is 3.48. The molecule has 1 aromatic rings. The van der Waals surface area contributed by atoms with E-state index in [4.69, 9.17) is 11.6 Å². The van der Waals surface area contributed by atoms with Crippen molar-refractivity contribution in [2.45, 2.75) is 12.3 Å². The van der Waals surface area contributed by atoms with Crippen LogP contribution in [0.3, 0.4) is 0 Å². The lowest BCUT2D eigenvalue weighted by atomic mass is 10.3. The van der Waals surface area contributed by atoms with E-state index in [1.165, 1.54) is 0 Å². The predicted octanol–water partition coefficient (Wildman–Crippen LogP) is 2.50. The van der Waals surface area contributed by atoms with Crippen LogP contribution in [0.2, 0.25) is 5.15 Å². The molecule has 0 radical (unpaired) electrons. The quantitative estimate of drug-likeness (QED) is 0.833. The van der Waals surface area contributed by atoms with Gasteiger partial charge >= 0.3 is 12.3 Å². The predicted molar refractivity (Wildman–Crippen MR) is 44.4 cm³/mol. The van der Waals surface area contributed by atoms with E-state index in [2.05, 4.69) is 8.75 Å². The summed E-state index contributed by atoms with van der Waals surface area (Å²) in [7, 11) is 0. The lowest BCUT2D eigenvalue weighted by Crippen LogP contribution is -2.34. The minimum absolute atomic E-state index is 0.111. The highest BCUT2D eigenvalue weighted by atomic mass is 35.5. The number of alkyl halides is 4. The van der Waals surface area contributed by atoms with Crippen molar-refractivity contribution >= 4 is 29.1 Å². The molecule has 80 valence electrons. The zero-order valence-electron chi connectivity index (χ0n) is 6.48. The number of rotatable bonds is 4. The van der Waals surface area contributed by atoms with E-state index in [1.807, 2.05) is 5.32 Å². The van der Waals surface area contributed by atoms with Crippen LogP contribution in [0.1, 0.15) is 0 Å². The number of aromatic nitrogens is 2. The number of hydrogen-bond donors (Lipinski definition) is 1. The molecule has 0 aromatic carbocycles.